The maximum atomic E-state index is 6.32. The summed E-state index contributed by atoms with van der Waals surface area (Å²) in [5, 5.41) is 27.5. The van der Waals surface area contributed by atoms with E-state index in [1.807, 2.05) is 72.8 Å². The van der Waals surface area contributed by atoms with Gasteiger partial charge in [-0.25, -0.2) is 0 Å². The van der Waals surface area contributed by atoms with Gasteiger partial charge in [0, 0.05) is 16.7 Å². The van der Waals surface area contributed by atoms with Crippen LogP contribution >= 0.6 is 0 Å². The van der Waals surface area contributed by atoms with Gasteiger partial charge in [-0.05, 0) is 55.2 Å². The zero-order chi connectivity index (χ0) is 40.9. The molecule has 57 heavy (non-hydrogen) atoms. The van der Waals surface area contributed by atoms with E-state index in [0.717, 1.165) is 53.2 Å². The van der Waals surface area contributed by atoms with Crippen molar-refractivity contribution in [2.24, 2.45) is 48.4 Å². The average Bonchev–Trinajstić information content (AvgIpc) is 3.24. The second-order valence-corrected chi connectivity index (χ2v) is 15.4. The lowest BCUT2D eigenvalue weighted by molar-refractivity contribution is 0.231. The molecule has 0 aromatic heterocycles. The van der Waals surface area contributed by atoms with Crippen LogP contribution in [-0.2, 0) is 19.6 Å². The molecule has 309 valence electrons. The van der Waals surface area contributed by atoms with Crippen LogP contribution in [-0.4, -0.2) is 30.1 Å². The van der Waals surface area contributed by atoms with Crippen molar-refractivity contribution in [1.29, 1.82) is 0 Å². The number of hydrogen-bond acceptors (Lipinski definition) is 9. The molecule has 0 heterocycles. The zero-order valence-electron chi connectivity index (χ0n) is 35.8. The lowest BCUT2D eigenvalue weighted by atomic mass is 10.0. The van der Waals surface area contributed by atoms with E-state index in [2.05, 4.69) is 82.5 Å². The highest BCUT2D eigenvalue weighted by atomic mass is 28.1. The Labute approximate surface area is 347 Å². The van der Waals surface area contributed by atoms with Gasteiger partial charge in [-0.3, -0.25) is 0 Å². The van der Waals surface area contributed by atoms with E-state index >= 15 is 0 Å². The number of unbranched alkanes of at least 4 members (excludes halogenated alkanes) is 3. The van der Waals surface area contributed by atoms with E-state index in [9.17, 15) is 0 Å². The predicted octanol–water partition coefficient (Wildman–Crippen LogP) is 14.0. The maximum absolute atomic E-state index is 6.32. The van der Waals surface area contributed by atoms with E-state index < -0.39 is 0 Å². The van der Waals surface area contributed by atoms with E-state index in [1.54, 1.807) is 0 Å². The highest BCUT2D eigenvalue weighted by Crippen LogP contribution is 2.26. The maximum Gasteiger partial charge on any atom is 0.213 e. The topological polar surface area (TPSA) is 102 Å². The van der Waals surface area contributed by atoms with Gasteiger partial charge in [0.05, 0.1) is 44.8 Å². The molecule has 0 aliphatic rings. The third-order valence-corrected chi connectivity index (χ3v) is 10.7. The molecule has 0 N–H and O–H groups in total. The molecule has 3 aromatic carbocycles. The second-order valence-electron chi connectivity index (χ2n) is 14.9. The van der Waals surface area contributed by atoms with Gasteiger partial charge in [-0.2, -0.15) is 20.5 Å². The minimum atomic E-state index is 0.217. The van der Waals surface area contributed by atoms with Gasteiger partial charge in [0.1, 0.15) is 27.5 Å². The number of ether oxygens (including phenoxy) is 3. The largest absolute Gasteiger partial charge is 0.493 e. The fraction of sp³-hybridized carbons (Fsp3) is 0.574. The van der Waals surface area contributed by atoms with Gasteiger partial charge in [-0.15, -0.1) is 10.2 Å². The molecule has 0 aliphatic carbocycles. The van der Waals surface area contributed by atoms with Gasteiger partial charge in [0.15, 0.2) is 0 Å². The van der Waals surface area contributed by atoms with Gasteiger partial charge in [-0.1, -0.05) is 154 Å². The lowest BCUT2D eigenvalue weighted by Gasteiger charge is -2.17. The number of para-hydroxylation sites is 3. The summed E-state index contributed by atoms with van der Waals surface area (Å²) < 4.78 is 18.9. The van der Waals surface area contributed by atoms with Crippen LogP contribution in [0.4, 0.5) is 0 Å². The SMILES string of the molecule is CCCCC(CC)COc1ccccc1CN=NC([Si])=C(N=NCc1ccccc1OCC(CC)CCCC)N=NCc1ccccc1OCC(CC)CCCC. The highest BCUT2D eigenvalue weighted by molar-refractivity contribution is 6.21. The Morgan fingerprint density at radius 2 is 0.789 bits per heavy atom. The van der Waals surface area contributed by atoms with Crippen LogP contribution in [0.3, 0.4) is 0 Å². The van der Waals surface area contributed by atoms with Crippen LogP contribution in [0.2, 0.25) is 0 Å². The summed E-state index contributed by atoms with van der Waals surface area (Å²) in [5.74, 6) is 4.28. The van der Waals surface area contributed by atoms with Crippen molar-refractivity contribution in [2.45, 2.75) is 138 Å². The number of rotatable bonds is 30. The molecule has 0 saturated carbocycles. The van der Waals surface area contributed by atoms with Crippen molar-refractivity contribution >= 4 is 10.2 Å². The first-order valence-electron chi connectivity index (χ1n) is 21.7. The lowest BCUT2D eigenvalue weighted by Crippen LogP contribution is -2.12. The molecule has 0 fully saturated rings. The van der Waals surface area contributed by atoms with Crippen LogP contribution in [0, 0.1) is 17.8 Å². The molecule has 10 heteroatoms. The first kappa shape index (κ1) is 47.2. The fourth-order valence-corrected chi connectivity index (χ4v) is 6.51. The van der Waals surface area contributed by atoms with E-state index in [0.29, 0.717) is 62.5 Å². The molecule has 3 atom stereocenters. The van der Waals surface area contributed by atoms with Gasteiger partial charge < -0.3 is 14.2 Å². The Bertz CT molecular complexity index is 1580. The summed E-state index contributed by atoms with van der Waals surface area (Å²) in [7, 11) is 3.66. The Morgan fingerprint density at radius 3 is 1.11 bits per heavy atom. The second kappa shape index (κ2) is 29.1. The minimum absolute atomic E-state index is 0.217. The molecule has 3 radical (unpaired) electrons. The summed E-state index contributed by atoms with van der Waals surface area (Å²) in [4.78, 5) is 0. The normalized spacial score (nSPS) is 13.3. The zero-order valence-corrected chi connectivity index (χ0v) is 36.8. The molecule has 0 bridgehead atoms. The molecule has 0 spiro atoms. The Hall–Kier alpha value is -4.18. The van der Waals surface area contributed by atoms with Crippen molar-refractivity contribution in [3.8, 4) is 17.2 Å². The monoisotopic (exact) mass is 794 g/mol. The summed E-state index contributed by atoms with van der Waals surface area (Å²) in [6.45, 7) is 16.4. The molecule has 0 saturated heterocycles. The van der Waals surface area contributed by atoms with Crippen molar-refractivity contribution in [3.63, 3.8) is 0 Å². The fourth-order valence-electron chi connectivity index (χ4n) is 6.34. The predicted molar refractivity (Wildman–Crippen MR) is 234 cm³/mol. The van der Waals surface area contributed by atoms with E-state index in [4.69, 9.17) is 14.2 Å². The molecule has 0 amide bonds. The number of nitrogens with zero attached hydrogens (tertiary/aromatic N) is 6. The van der Waals surface area contributed by atoms with Gasteiger partial charge in [0.2, 0.25) is 5.82 Å². The van der Waals surface area contributed by atoms with Crippen LogP contribution in [0.5, 0.6) is 17.2 Å². The summed E-state index contributed by atoms with van der Waals surface area (Å²) >= 11 is 0. The van der Waals surface area contributed by atoms with Crippen LogP contribution in [0.1, 0.15) is 135 Å². The first-order chi connectivity index (χ1) is 28.0. The Balaban J connectivity index is 1.82. The van der Waals surface area contributed by atoms with Crippen LogP contribution in [0.25, 0.3) is 0 Å². The molecule has 3 aromatic rings. The van der Waals surface area contributed by atoms with Gasteiger partial charge >= 0.3 is 0 Å². The third kappa shape index (κ3) is 18.3. The van der Waals surface area contributed by atoms with Gasteiger partial charge in [0.25, 0.3) is 0 Å². The molecule has 3 rings (SSSR count). The summed E-state index contributed by atoms with van der Waals surface area (Å²) in [5.41, 5.74) is 2.86. The number of azo groups is 3. The number of hydrogen-bond donors (Lipinski definition) is 0. The quantitative estimate of drug-likeness (QED) is 0.0496. The van der Waals surface area contributed by atoms with E-state index in [-0.39, 0.29) is 5.82 Å². The van der Waals surface area contributed by atoms with Crippen molar-refractivity contribution < 1.29 is 14.2 Å². The average molecular weight is 794 g/mol. The number of benzene rings is 3. The first-order valence-corrected chi connectivity index (χ1v) is 22.2. The summed E-state index contributed by atoms with van der Waals surface area (Å²) in [6.07, 6.45) is 14.0. The van der Waals surface area contributed by atoms with Crippen molar-refractivity contribution in [2.75, 3.05) is 19.8 Å². The van der Waals surface area contributed by atoms with Crippen molar-refractivity contribution in [3.05, 3.63) is 101 Å². The van der Waals surface area contributed by atoms with Crippen molar-refractivity contribution in [1.82, 2.24) is 0 Å². The highest BCUT2D eigenvalue weighted by Gasteiger charge is 2.12. The molecule has 9 nitrogen and oxygen atoms in total. The third-order valence-electron chi connectivity index (χ3n) is 10.4. The molecule has 0 aliphatic heterocycles. The van der Waals surface area contributed by atoms with Crippen LogP contribution in [0.15, 0.2) is 115 Å². The molecule has 3 unspecified atom stereocenters. The Morgan fingerprint density at radius 1 is 0.474 bits per heavy atom. The minimum Gasteiger partial charge on any atom is -0.493 e. The van der Waals surface area contributed by atoms with Crippen LogP contribution < -0.4 is 14.2 Å². The smallest absolute Gasteiger partial charge is 0.213 e. The molecular weight excluding hydrogens is 725 g/mol. The summed E-state index contributed by atoms with van der Waals surface area (Å²) in [6, 6.07) is 24.0. The molecular formula is C47H69N6O3Si. The van der Waals surface area contributed by atoms with E-state index in [1.165, 1.54) is 57.8 Å². The standard InChI is InChI=1S/C47H69N6O3Si/c1-7-13-22-37(10-4)34-54-43-28-19-16-25-40(43)31-48-51-46(52-49-32-41-26-17-20-29-44(41)55-35-38(11-5)23-14-8-2)47(57)53-50-33-42-27-18-21-30-45(42)56-36-39(12-6)24-15-9-3/h16-21,25-30,37-39H,7-15,22-24,31-36H2,1-6H3. The Kier molecular flexibility index (Phi) is 24.1.